The zero-order valence-electron chi connectivity index (χ0n) is 15.6. The summed E-state index contributed by atoms with van der Waals surface area (Å²) in [5.74, 6) is -0.541. The largest absolute Gasteiger partial charge is 0.458 e. The molecule has 0 spiro atoms. The van der Waals surface area contributed by atoms with Crippen LogP contribution in [0.1, 0.15) is 47.1 Å². The molecule has 0 aliphatic carbocycles. The average molecular weight is 415 g/mol. The number of nitrogens with two attached hydrogens (primary N) is 1. The van der Waals surface area contributed by atoms with Crippen molar-refractivity contribution in [2.75, 3.05) is 5.73 Å². The molecule has 1 amide bonds. The number of hydrogen-bond donors (Lipinski definition) is 2. The van der Waals surface area contributed by atoms with Gasteiger partial charge in [-0.15, -0.1) is 0 Å². The molecule has 0 aromatic heterocycles. The third-order valence-electron chi connectivity index (χ3n) is 2.91. The SMILES string of the molecule is CC(C)(C)OC(=O)NC(Cc1ccc(Br)cc1N)C(=O)OC(C)(C)C. The first kappa shape index (κ1) is 21.3. The van der Waals surface area contributed by atoms with Gasteiger partial charge in [-0.1, -0.05) is 22.0 Å². The van der Waals surface area contributed by atoms with E-state index in [-0.39, 0.29) is 6.42 Å². The lowest BCUT2D eigenvalue weighted by molar-refractivity contribution is -0.157. The molecule has 3 N–H and O–H groups in total. The van der Waals surface area contributed by atoms with Crippen molar-refractivity contribution < 1.29 is 19.1 Å². The molecule has 1 rings (SSSR count). The number of hydrogen-bond acceptors (Lipinski definition) is 5. The van der Waals surface area contributed by atoms with E-state index in [1.807, 2.05) is 6.07 Å². The third kappa shape index (κ3) is 8.25. The Morgan fingerprint density at radius 2 is 1.68 bits per heavy atom. The number of anilines is 1. The molecule has 140 valence electrons. The molecule has 1 unspecified atom stereocenters. The summed E-state index contributed by atoms with van der Waals surface area (Å²) in [7, 11) is 0. The predicted octanol–water partition coefficient (Wildman–Crippen LogP) is 3.81. The Morgan fingerprint density at radius 3 is 2.16 bits per heavy atom. The zero-order chi connectivity index (χ0) is 19.4. The number of rotatable bonds is 4. The van der Waals surface area contributed by atoms with Crippen molar-refractivity contribution in [3.8, 4) is 0 Å². The van der Waals surface area contributed by atoms with Crippen molar-refractivity contribution in [1.82, 2.24) is 5.32 Å². The highest BCUT2D eigenvalue weighted by atomic mass is 79.9. The lowest BCUT2D eigenvalue weighted by Crippen LogP contribution is -2.47. The number of nitrogens with one attached hydrogen (secondary N) is 1. The van der Waals surface area contributed by atoms with Crippen LogP contribution in [-0.2, 0) is 20.7 Å². The second-order valence-corrected chi connectivity index (χ2v) is 8.70. The number of esters is 1. The number of ether oxygens (including phenoxy) is 2. The van der Waals surface area contributed by atoms with Gasteiger partial charge in [-0.2, -0.15) is 0 Å². The van der Waals surface area contributed by atoms with Gasteiger partial charge in [-0.05, 0) is 59.2 Å². The predicted molar refractivity (Wildman–Crippen MR) is 101 cm³/mol. The first-order chi connectivity index (χ1) is 11.3. The van der Waals surface area contributed by atoms with Crippen molar-refractivity contribution in [3.05, 3.63) is 28.2 Å². The van der Waals surface area contributed by atoms with E-state index in [1.165, 1.54) is 0 Å². The minimum absolute atomic E-state index is 0.202. The molecule has 1 atom stereocenters. The molecule has 6 nitrogen and oxygen atoms in total. The van der Waals surface area contributed by atoms with E-state index in [2.05, 4.69) is 21.2 Å². The normalized spacial score (nSPS) is 13.1. The van der Waals surface area contributed by atoms with Crippen LogP contribution in [0.2, 0.25) is 0 Å². The van der Waals surface area contributed by atoms with E-state index >= 15 is 0 Å². The number of benzene rings is 1. The average Bonchev–Trinajstić information content (AvgIpc) is 2.36. The van der Waals surface area contributed by atoms with E-state index < -0.39 is 29.3 Å². The van der Waals surface area contributed by atoms with E-state index in [0.29, 0.717) is 5.69 Å². The summed E-state index contributed by atoms with van der Waals surface area (Å²) in [5.41, 5.74) is 5.92. The maximum Gasteiger partial charge on any atom is 0.408 e. The van der Waals surface area contributed by atoms with E-state index in [1.54, 1.807) is 53.7 Å². The smallest absolute Gasteiger partial charge is 0.408 e. The highest BCUT2D eigenvalue weighted by Crippen LogP contribution is 2.21. The second kappa shape index (κ2) is 8.08. The van der Waals surface area contributed by atoms with Crippen molar-refractivity contribution in [2.24, 2.45) is 0 Å². The fourth-order valence-corrected chi connectivity index (χ4v) is 2.37. The zero-order valence-corrected chi connectivity index (χ0v) is 17.2. The number of nitrogen functional groups attached to an aromatic ring is 1. The molecular weight excluding hydrogens is 388 g/mol. The van der Waals surface area contributed by atoms with Gasteiger partial charge in [0.2, 0.25) is 0 Å². The summed E-state index contributed by atoms with van der Waals surface area (Å²) in [5, 5.41) is 2.58. The van der Waals surface area contributed by atoms with Crippen LogP contribution >= 0.6 is 15.9 Å². The third-order valence-corrected chi connectivity index (χ3v) is 3.41. The summed E-state index contributed by atoms with van der Waals surface area (Å²) < 4.78 is 11.5. The summed E-state index contributed by atoms with van der Waals surface area (Å²) in [4.78, 5) is 24.6. The number of alkyl carbamates (subject to hydrolysis) is 1. The van der Waals surface area contributed by atoms with Crippen LogP contribution in [0.4, 0.5) is 10.5 Å². The second-order valence-electron chi connectivity index (χ2n) is 7.78. The standard InChI is InChI=1S/C18H27BrN2O4/c1-17(2,3)24-15(22)14(21-16(23)25-18(4,5)6)9-11-7-8-12(19)10-13(11)20/h7-8,10,14H,9,20H2,1-6H3,(H,21,23). The Hall–Kier alpha value is -1.76. The van der Waals surface area contributed by atoms with Gasteiger partial charge in [0.1, 0.15) is 17.2 Å². The molecule has 1 aromatic rings. The first-order valence-electron chi connectivity index (χ1n) is 8.03. The van der Waals surface area contributed by atoms with Gasteiger partial charge in [0, 0.05) is 16.6 Å². The summed E-state index contributed by atoms with van der Waals surface area (Å²) in [6.07, 6.45) is -0.480. The number of carbonyl (C=O) groups excluding carboxylic acids is 2. The molecule has 0 heterocycles. The van der Waals surface area contributed by atoms with Gasteiger partial charge in [0.05, 0.1) is 0 Å². The molecule has 0 aliphatic heterocycles. The Labute approximate surface area is 157 Å². The van der Waals surface area contributed by atoms with Crippen LogP contribution in [0.15, 0.2) is 22.7 Å². The molecule has 0 bridgehead atoms. The summed E-state index contributed by atoms with van der Waals surface area (Å²) >= 11 is 3.34. The van der Waals surface area contributed by atoms with Gasteiger partial charge < -0.3 is 20.5 Å². The van der Waals surface area contributed by atoms with E-state index in [0.717, 1.165) is 10.0 Å². The van der Waals surface area contributed by atoms with Crippen LogP contribution in [0, 0.1) is 0 Å². The van der Waals surface area contributed by atoms with Crippen molar-refractivity contribution in [1.29, 1.82) is 0 Å². The summed E-state index contributed by atoms with van der Waals surface area (Å²) in [6.45, 7) is 10.6. The maximum atomic E-state index is 12.5. The molecule has 0 saturated carbocycles. The molecule has 0 aliphatic rings. The molecule has 0 saturated heterocycles. The molecule has 7 heteroatoms. The Balaban J connectivity index is 2.98. The van der Waals surface area contributed by atoms with Crippen molar-refractivity contribution in [3.63, 3.8) is 0 Å². The molecule has 0 radical (unpaired) electrons. The van der Waals surface area contributed by atoms with Crippen molar-refractivity contribution >= 4 is 33.7 Å². The Kier molecular flexibility index (Phi) is 6.88. The van der Waals surface area contributed by atoms with E-state index in [9.17, 15) is 9.59 Å². The Bertz CT molecular complexity index is 633. The number of halogens is 1. The minimum atomic E-state index is -0.905. The molecule has 1 aromatic carbocycles. The lowest BCUT2D eigenvalue weighted by atomic mass is 10.0. The fraction of sp³-hybridized carbons (Fsp3) is 0.556. The van der Waals surface area contributed by atoms with Crippen LogP contribution in [0.25, 0.3) is 0 Å². The maximum absolute atomic E-state index is 12.5. The summed E-state index contributed by atoms with van der Waals surface area (Å²) in [6, 6.07) is 4.46. The van der Waals surface area contributed by atoms with Crippen molar-refractivity contribution in [2.45, 2.75) is 65.2 Å². The highest BCUT2D eigenvalue weighted by Gasteiger charge is 2.29. The van der Waals surface area contributed by atoms with E-state index in [4.69, 9.17) is 15.2 Å². The van der Waals surface area contributed by atoms with Gasteiger partial charge in [-0.3, -0.25) is 0 Å². The van der Waals surface area contributed by atoms with Crippen LogP contribution in [-0.4, -0.2) is 29.3 Å². The molecular formula is C18H27BrN2O4. The highest BCUT2D eigenvalue weighted by molar-refractivity contribution is 9.10. The first-order valence-corrected chi connectivity index (χ1v) is 8.82. The number of carbonyl (C=O) groups is 2. The molecule has 0 fully saturated rings. The van der Waals surface area contributed by atoms with Crippen LogP contribution < -0.4 is 11.1 Å². The fourth-order valence-electron chi connectivity index (χ4n) is 1.99. The molecule has 25 heavy (non-hydrogen) atoms. The van der Waals surface area contributed by atoms with Gasteiger partial charge in [0.25, 0.3) is 0 Å². The Morgan fingerprint density at radius 1 is 1.12 bits per heavy atom. The minimum Gasteiger partial charge on any atom is -0.458 e. The van der Waals surface area contributed by atoms with Gasteiger partial charge >= 0.3 is 12.1 Å². The number of amides is 1. The monoisotopic (exact) mass is 414 g/mol. The van der Waals surface area contributed by atoms with Crippen LogP contribution in [0.3, 0.4) is 0 Å². The van der Waals surface area contributed by atoms with Gasteiger partial charge in [-0.25, -0.2) is 9.59 Å². The quantitative estimate of drug-likeness (QED) is 0.577. The van der Waals surface area contributed by atoms with Gasteiger partial charge in [0.15, 0.2) is 0 Å². The lowest BCUT2D eigenvalue weighted by Gasteiger charge is -2.26. The van der Waals surface area contributed by atoms with Crippen LogP contribution in [0.5, 0.6) is 0 Å². The topological polar surface area (TPSA) is 90.6 Å².